The van der Waals surface area contributed by atoms with Gasteiger partial charge in [0.2, 0.25) is 0 Å². The first-order chi connectivity index (χ1) is 8.19. The summed E-state index contributed by atoms with van der Waals surface area (Å²) < 4.78 is 5.37. The van der Waals surface area contributed by atoms with E-state index in [-0.39, 0.29) is 12.4 Å². The maximum Gasteiger partial charge on any atom is 0.122 e. The summed E-state index contributed by atoms with van der Waals surface area (Å²) in [5.74, 6) is 0.991. The first-order valence-corrected chi connectivity index (χ1v) is 6.28. The largest absolute Gasteiger partial charge is 0.496 e. The molecular weight excluding hydrogens is 248 g/mol. The van der Waals surface area contributed by atoms with Crippen molar-refractivity contribution in [3.8, 4) is 5.75 Å². The number of piperazine rings is 1. The number of ether oxygens (including phenoxy) is 1. The van der Waals surface area contributed by atoms with Gasteiger partial charge in [0.1, 0.15) is 5.75 Å². The van der Waals surface area contributed by atoms with Crippen molar-refractivity contribution in [3.63, 3.8) is 0 Å². The molecule has 18 heavy (non-hydrogen) atoms. The molecule has 1 heterocycles. The van der Waals surface area contributed by atoms with Crippen LogP contribution >= 0.6 is 12.4 Å². The van der Waals surface area contributed by atoms with Crippen LogP contribution in [0.15, 0.2) is 18.2 Å². The zero-order chi connectivity index (χ0) is 12.3. The molecule has 2 rings (SSSR count). The molecule has 0 unspecified atom stereocenters. The Morgan fingerprint density at radius 3 is 2.89 bits per heavy atom. The average Bonchev–Trinajstić information content (AvgIpc) is 2.32. The molecule has 0 aliphatic carbocycles. The van der Waals surface area contributed by atoms with Crippen molar-refractivity contribution in [2.45, 2.75) is 26.4 Å². The zero-order valence-electron chi connectivity index (χ0n) is 11.4. The van der Waals surface area contributed by atoms with Crippen molar-refractivity contribution >= 4 is 12.4 Å². The summed E-state index contributed by atoms with van der Waals surface area (Å²) in [6.45, 7) is 8.67. The number of nitrogens with one attached hydrogen (secondary N) is 1. The van der Waals surface area contributed by atoms with E-state index in [0.717, 1.165) is 31.9 Å². The van der Waals surface area contributed by atoms with Gasteiger partial charge >= 0.3 is 0 Å². The van der Waals surface area contributed by atoms with E-state index in [1.54, 1.807) is 7.11 Å². The second kappa shape index (κ2) is 6.98. The summed E-state index contributed by atoms with van der Waals surface area (Å²) in [7, 11) is 1.74. The Morgan fingerprint density at radius 2 is 2.22 bits per heavy atom. The highest BCUT2D eigenvalue weighted by molar-refractivity contribution is 5.85. The predicted octanol–water partition coefficient (Wildman–Crippen LogP) is 2.22. The summed E-state index contributed by atoms with van der Waals surface area (Å²) in [5.41, 5.74) is 2.53. The summed E-state index contributed by atoms with van der Waals surface area (Å²) in [4.78, 5) is 2.49. The first kappa shape index (κ1) is 15.3. The Balaban J connectivity index is 0.00000162. The summed E-state index contributed by atoms with van der Waals surface area (Å²) in [6, 6.07) is 7.09. The molecule has 0 spiro atoms. The smallest absolute Gasteiger partial charge is 0.122 e. The van der Waals surface area contributed by atoms with Crippen molar-refractivity contribution in [1.82, 2.24) is 10.2 Å². The van der Waals surface area contributed by atoms with Gasteiger partial charge in [0.15, 0.2) is 0 Å². The van der Waals surface area contributed by atoms with Crippen molar-refractivity contribution < 1.29 is 4.74 Å². The van der Waals surface area contributed by atoms with Crippen LogP contribution in [0.4, 0.5) is 0 Å². The van der Waals surface area contributed by atoms with Crippen molar-refractivity contribution in [3.05, 3.63) is 29.3 Å². The number of nitrogens with zero attached hydrogens (tertiary/aromatic N) is 1. The van der Waals surface area contributed by atoms with Crippen LogP contribution in [-0.4, -0.2) is 37.7 Å². The molecule has 1 N–H and O–H groups in total. The lowest BCUT2D eigenvalue weighted by molar-refractivity contribution is 0.199. The molecule has 1 aliphatic rings. The van der Waals surface area contributed by atoms with E-state index in [2.05, 4.69) is 42.3 Å². The third-order valence-corrected chi connectivity index (χ3v) is 3.33. The van der Waals surface area contributed by atoms with Gasteiger partial charge in [-0.05, 0) is 31.0 Å². The van der Waals surface area contributed by atoms with Crippen LogP contribution in [0, 0.1) is 6.92 Å². The van der Waals surface area contributed by atoms with Gasteiger partial charge < -0.3 is 10.1 Å². The summed E-state index contributed by atoms with van der Waals surface area (Å²) >= 11 is 0. The molecule has 0 saturated carbocycles. The number of rotatable bonds is 3. The van der Waals surface area contributed by atoms with Gasteiger partial charge in [0.05, 0.1) is 7.11 Å². The van der Waals surface area contributed by atoms with E-state index in [0.29, 0.717) is 6.04 Å². The lowest BCUT2D eigenvalue weighted by Gasteiger charge is -2.31. The van der Waals surface area contributed by atoms with E-state index in [1.165, 1.54) is 11.1 Å². The minimum atomic E-state index is 0. The highest BCUT2D eigenvalue weighted by atomic mass is 35.5. The van der Waals surface area contributed by atoms with Crippen LogP contribution in [0.3, 0.4) is 0 Å². The first-order valence-electron chi connectivity index (χ1n) is 6.28. The normalized spacial score (nSPS) is 20.3. The van der Waals surface area contributed by atoms with Crippen LogP contribution in [0.1, 0.15) is 18.1 Å². The third kappa shape index (κ3) is 3.87. The Morgan fingerprint density at radius 1 is 1.44 bits per heavy atom. The summed E-state index contributed by atoms with van der Waals surface area (Å²) in [5, 5.41) is 3.46. The van der Waals surface area contributed by atoms with Crippen molar-refractivity contribution in [2.24, 2.45) is 0 Å². The molecular formula is C14H23ClN2O. The molecule has 1 aromatic carbocycles. The number of aryl methyl sites for hydroxylation is 1. The van der Waals surface area contributed by atoms with Gasteiger partial charge in [-0.2, -0.15) is 0 Å². The minimum absolute atomic E-state index is 0. The Bertz CT molecular complexity index is 384. The highest BCUT2D eigenvalue weighted by Crippen LogP contribution is 2.20. The molecule has 0 bridgehead atoms. The number of halogens is 1. The Hall–Kier alpha value is -0.770. The van der Waals surface area contributed by atoms with E-state index < -0.39 is 0 Å². The maximum absolute atomic E-state index is 5.37. The van der Waals surface area contributed by atoms with Crippen molar-refractivity contribution in [1.29, 1.82) is 0 Å². The SMILES string of the molecule is COc1cc(CN2CCN[C@@H](C)C2)ccc1C.Cl. The van der Waals surface area contributed by atoms with Gasteiger partial charge in [-0.3, -0.25) is 4.90 Å². The minimum Gasteiger partial charge on any atom is -0.496 e. The van der Waals surface area contributed by atoms with Gasteiger partial charge in [-0.25, -0.2) is 0 Å². The molecule has 1 atom stereocenters. The topological polar surface area (TPSA) is 24.5 Å². The van der Waals surface area contributed by atoms with Gasteiger partial charge in [-0.15, -0.1) is 12.4 Å². The van der Waals surface area contributed by atoms with E-state index >= 15 is 0 Å². The van der Waals surface area contributed by atoms with Gasteiger partial charge in [0.25, 0.3) is 0 Å². The zero-order valence-corrected chi connectivity index (χ0v) is 12.2. The van der Waals surface area contributed by atoms with Crippen LogP contribution < -0.4 is 10.1 Å². The highest BCUT2D eigenvalue weighted by Gasteiger charge is 2.15. The second-order valence-corrected chi connectivity index (χ2v) is 4.89. The fourth-order valence-corrected chi connectivity index (χ4v) is 2.38. The number of methoxy groups -OCH3 is 1. The van der Waals surface area contributed by atoms with E-state index in [1.807, 2.05) is 0 Å². The number of benzene rings is 1. The van der Waals surface area contributed by atoms with Crippen LogP contribution in [-0.2, 0) is 6.54 Å². The molecule has 3 nitrogen and oxygen atoms in total. The standard InChI is InChI=1S/C14H22N2O.ClH/c1-11-4-5-13(8-14(11)17-3)10-16-7-6-15-12(2)9-16;/h4-5,8,12,15H,6-7,9-10H2,1-3H3;1H/t12-;/m0./s1. The quantitative estimate of drug-likeness (QED) is 0.912. The Labute approximate surface area is 116 Å². The number of hydrogen-bond donors (Lipinski definition) is 1. The molecule has 0 radical (unpaired) electrons. The lowest BCUT2D eigenvalue weighted by atomic mass is 10.1. The van der Waals surface area contributed by atoms with Gasteiger partial charge in [-0.1, -0.05) is 12.1 Å². The fourth-order valence-electron chi connectivity index (χ4n) is 2.38. The Kier molecular flexibility index (Phi) is 5.93. The third-order valence-electron chi connectivity index (χ3n) is 3.33. The van der Waals surface area contributed by atoms with Crippen LogP contribution in [0.25, 0.3) is 0 Å². The average molecular weight is 271 g/mol. The monoisotopic (exact) mass is 270 g/mol. The molecule has 1 aliphatic heterocycles. The molecule has 4 heteroatoms. The van der Waals surface area contributed by atoms with Crippen LogP contribution in [0.2, 0.25) is 0 Å². The molecule has 1 saturated heterocycles. The fraction of sp³-hybridized carbons (Fsp3) is 0.571. The van der Waals surface area contributed by atoms with Gasteiger partial charge in [0, 0.05) is 32.2 Å². The van der Waals surface area contributed by atoms with Crippen LogP contribution in [0.5, 0.6) is 5.75 Å². The lowest BCUT2D eigenvalue weighted by Crippen LogP contribution is -2.48. The molecule has 1 aromatic rings. The van der Waals surface area contributed by atoms with E-state index in [9.17, 15) is 0 Å². The maximum atomic E-state index is 5.37. The number of hydrogen-bond acceptors (Lipinski definition) is 3. The van der Waals surface area contributed by atoms with Crippen molar-refractivity contribution in [2.75, 3.05) is 26.7 Å². The molecule has 102 valence electrons. The predicted molar refractivity (Wildman–Crippen MR) is 77.7 cm³/mol. The van der Waals surface area contributed by atoms with E-state index in [4.69, 9.17) is 4.74 Å². The molecule has 1 fully saturated rings. The summed E-state index contributed by atoms with van der Waals surface area (Å²) in [6.07, 6.45) is 0. The molecule has 0 amide bonds. The second-order valence-electron chi connectivity index (χ2n) is 4.89. The molecule has 0 aromatic heterocycles.